The largest absolute Gasteiger partial charge is 0.303 e. The van der Waals surface area contributed by atoms with Crippen molar-refractivity contribution in [3.8, 4) is 0 Å². The Balaban J connectivity index is 2.77. The summed E-state index contributed by atoms with van der Waals surface area (Å²) in [7, 11) is 0. The second kappa shape index (κ2) is 4.00. The second-order valence-corrected chi connectivity index (χ2v) is 2.93. The molecule has 0 radical (unpaired) electrons. The summed E-state index contributed by atoms with van der Waals surface area (Å²) in [5, 5.41) is 0. The predicted octanol–water partition coefficient (Wildman–Crippen LogP) is 1.52. The number of hydrogen-bond donors (Lipinski definition) is 0. The zero-order valence-corrected chi connectivity index (χ0v) is 7.07. The van der Waals surface area contributed by atoms with E-state index in [2.05, 4.69) is 0 Å². The van der Waals surface area contributed by atoms with Gasteiger partial charge in [-0.2, -0.15) is 0 Å². The smallest absolute Gasteiger partial charge is 0.156 e. The van der Waals surface area contributed by atoms with Gasteiger partial charge < -0.3 is 4.79 Å². The van der Waals surface area contributed by atoms with Crippen LogP contribution in [0.5, 0.6) is 0 Å². The molecule has 0 aromatic heterocycles. The highest BCUT2D eigenvalue weighted by atomic mass is 16.1. The third-order valence-corrected chi connectivity index (χ3v) is 2.03. The lowest BCUT2D eigenvalue weighted by atomic mass is 9.84. The van der Waals surface area contributed by atoms with Crippen LogP contribution in [0.25, 0.3) is 0 Å². The molecule has 0 spiro atoms. The van der Waals surface area contributed by atoms with Crippen LogP contribution < -0.4 is 0 Å². The maximum Gasteiger partial charge on any atom is 0.156 e. The molecule has 2 heteroatoms. The van der Waals surface area contributed by atoms with Crippen molar-refractivity contribution in [2.45, 2.75) is 13.3 Å². The SMILES string of the molecule is C/C=C/C1CC(=O)C=CC1C=O. The van der Waals surface area contributed by atoms with Crippen molar-refractivity contribution < 1.29 is 9.59 Å². The Bertz CT molecular complexity index is 238. The molecule has 1 aliphatic carbocycles. The van der Waals surface area contributed by atoms with Crippen molar-refractivity contribution in [3.05, 3.63) is 24.3 Å². The molecule has 0 aromatic carbocycles. The third kappa shape index (κ3) is 1.91. The van der Waals surface area contributed by atoms with Crippen molar-refractivity contribution in [1.29, 1.82) is 0 Å². The van der Waals surface area contributed by atoms with Crippen molar-refractivity contribution in [2.24, 2.45) is 11.8 Å². The molecule has 0 aromatic rings. The number of rotatable bonds is 2. The average molecular weight is 164 g/mol. The summed E-state index contributed by atoms with van der Waals surface area (Å²) < 4.78 is 0. The zero-order valence-electron chi connectivity index (χ0n) is 7.07. The molecule has 0 saturated carbocycles. The van der Waals surface area contributed by atoms with Crippen LogP contribution in [0.1, 0.15) is 13.3 Å². The fraction of sp³-hybridized carbons (Fsp3) is 0.400. The molecular formula is C10H12O2. The molecule has 2 nitrogen and oxygen atoms in total. The van der Waals surface area contributed by atoms with Crippen molar-refractivity contribution >= 4 is 12.1 Å². The summed E-state index contributed by atoms with van der Waals surface area (Å²) in [6, 6.07) is 0. The van der Waals surface area contributed by atoms with Crippen LogP contribution in [0.15, 0.2) is 24.3 Å². The Kier molecular flexibility index (Phi) is 2.97. The van der Waals surface area contributed by atoms with Gasteiger partial charge in [0.05, 0.1) is 0 Å². The van der Waals surface area contributed by atoms with Gasteiger partial charge in [0.2, 0.25) is 0 Å². The van der Waals surface area contributed by atoms with Crippen LogP contribution in [0.3, 0.4) is 0 Å². The molecule has 12 heavy (non-hydrogen) atoms. The van der Waals surface area contributed by atoms with E-state index < -0.39 is 0 Å². The molecule has 0 aliphatic heterocycles. The van der Waals surface area contributed by atoms with Gasteiger partial charge in [0.15, 0.2) is 5.78 Å². The number of carbonyl (C=O) groups excluding carboxylic acids is 2. The lowest BCUT2D eigenvalue weighted by Crippen LogP contribution is -2.19. The summed E-state index contributed by atoms with van der Waals surface area (Å²) in [5.74, 6) is 0.0695. The molecule has 0 amide bonds. The second-order valence-electron chi connectivity index (χ2n) is 2.93. The Hall–Kier alpha value is -1.18. The number of hydrogen-bond acceptors (Lipinski definition) is 2. The topological polar surface area (TPSA) is 34.1 Å². The highest BCUT2D eigenvalue weighted by molar-refractivity contribution is 5.92. The first-order chi connectivity index (χ1) is 5.77. The Morgan fingerprint density at radius 1 is 1.58 bits per heavy atom. The van der Waals surface area contributed by atoms with E-state index in [1.165, 1.54) is 6.08 Å². The first-order valence-corrected chi connectivity index (χ1v) is 4.07. The van der Waals surface area contributed by atoms with E-state index in [4.69, 9.17) is 0 Å². The fourth-order valence-corrected chi connectivity index (χ4v) is 1.39. The van der Waals surface area contributed by atoms with Crippen molar-refractivity contribution in [3.63, 3.8) is 0 Å². The van der Waals surface area contributed by atoms with Crippen molar-refractivity contribution in [1.82, 2.24) is 0 Å². The van der Waals surface area contributed by atoms with Gasteiger partial charge in [0.25, 0.3) is 0 Å². The van der Waals surface area contributed by atoms with E-state index in [1.54, 1.807) is 6.08 Å². The van der Waals surface area contributed by atoms with Gasteiger partial charge in [-0.3, -0.25) is 4.79 Å². The Labute approximate surface area is 72.0 Å². The Morgan fingerprint density at radius 3 is 2.92 bits per heavy atom. The third-order valence-electron chi connectivity index (χ3n) is 2.03. The van der Waals surface area contributed by atoms with E-state index >= 15 is 0 Å². The molecule has 0 fully saturated rings. The molecule has 2 unspecified atom stereocenters. The maximum atomic E-state index is 11.0. The van der Waals surface area contributed by atoms with Crippen LogP contribution in [-0.4, -0.2) is 12.1 Å². The summed E-state index contributed by atoms with van der Waals surface area (Å²) in [5.41, 5.74) is 0. The van der Waals surface area contributed by atoms with E-state index in [9.17, 15) is 9.59 Å². The predicted molar refractivity (Wildman–Crippen MR) is 46.6 cm³/mol. The molecule has 2 atom stereocenters. The van der Waals surface area contributed by atoms with Gasteiger partial charge in [0.1, 0.15) is 6.29 Å². The number of carbonyl (C=O) groups is 2. The highest BCUT2D eigenvalue weighted by Gasteiger charge is 2.22. The molecule has 64 valence electrons. The molecule has 0 heterocycles. The van der Waals surface area contributed by atoms with E-state index in [-0.39, 0.29) is 17.6 Å². The van der Waals surface area contributed by atoms with Gasteiger partial charge in [-0.15, -0.1) is 0 Å². The molecular weight excluding hydrogens is 152 g/mol. The quantitative estimate of drug-likeness (QED) is 0.458. The highest BCUT2D eigenvalue weighted by Crippen LogP contribution is 2.22. The van der Waals surface area contributed by atoms with Crippen molar-refractivity contribution in [2.75, 3.05) is 0 Å². The minimum Gasteiger partial charge on any atom is -0.303 e. The van der Waals surface area contributed by atoms with Gasteiger partial charge >= 0.3 is 0 Å². The monoisotopic (exact) mass is 164 g/mol. The molecule has 1 rings (SSSR count). The number of ketones is 1. The van der Waals surface area contributed by atoms with Crippen LogP contribution in [0.4, 0.5) is 0 Å². The van der Waals surface area contributed by atoms with E-state index in [1.807, 2.05) is 19.1 Å². The molecule has 1 aliphatic rings. The standard InChI is InChI=1S/C10H12O2/c1-2-3-8-6-10(12)5-4-9(8)7-11/h2-5,7-9H,6H2,1H3/b3-2+. The van der Waals surface area contributed by atoms with Gasteiger partial charge in [-0.05, 0) is 18.9 Å². The van der Waals surface area contributed by atoms with Gasteiger partial charge in [-0.1, -0.05) is 18.2 Å². The minimum absolute atomic E-state index is 0.0741. The molecule has 0 N–H and O–H groups in total. The summed E-state index contributed by atoms with van der Waals surface area (Å²) in [4.78, 5) is 21.5. The summed E-state index contributed by atoms with van der Waals surface area (Å²) in [6.45, 7) is 1.89. The van der Waals surface area contributed by atoms with Crippen LogP contribution in [0, 0.1) is 11.8 Å². The average Bonchev–Trinajstić information content (AvgIpc) is 2.05. The lowest BCUT2D eigenvalue weighted by Gasteiger charge is -2.18. The van der Waals surface area contributed by atoms with E-state index in [0.29, 0.717) is 6.42 Å². The lowest BCUT2D eigenvalue weighted by molar-refractivity contribution is -0.116. The summed E-state index contributed by atoms with van der Waals surface area (Å²) in [6.07, 6.45) is 8.34. The maximum absolute atomic E-state index is 11.0. The van der Waals surface area contributed by atoms with Gasteiger partial charge in [0, 0.05) is 12.3 Å². The zero-order chi connectivity index (χ0) is 8.97. The fourth-order valence-electron chi connectivity index (χ4n) is 1.39. The van der Waals surface area contributed by atoms with Crippen LogP contribution >= 0.6 is 0 Å². The van der Waals surface area contributed by atoms with Crippen LogP contribution in [0.2, 0.25) is 0 Å². The first kappa shape index (κ1) is 8.91. The first-order valence-electron chi connectivity index (χ1n) is 4.07. The number of allylic oxidation sites excluding steroid dienone is 4. The molecule has 0 bridgehead atoms. The minimum atomic E-state index is -0.112. The Morgan fingerprint density at radius 2 is 2.33 bits per heavy atom. The molecule has 0 saturated heterocycles. The van der Waals surface area contributed by atoms with Gasteiger partial charge in [-0.25, -0.2) is 0 Å². The number of aldehydes is 1. The normalized spacial score (nSPS) is 29.6. The van der Waals surface area contributed by atoms with Crippen LogP contribution in [-0.2, 0) is 9.59 Å². The van der Waals surface area contributed by atoms with E-state index in [0.717, 1.165) is 6.29 Å². The summed E-state index contributed by atoms with van der Waals surface area (Å²) >= 11 is 0.